The second kappa shape index (κ2) is 14.6. The van der Waals surface area contributed by atoms with E-state index in [9.17, 15) is 28.9 Å². The number of rotatable bonds is 14. The molecular formula is C34H48F2N4O6. The van der Waals surface area contributed by atoms with Gasteiger partial charge in [-0.15, -0.1) is 0 Å². The highest BCUT2D eigenvalue weighted by Crippen LogP contribution is 2.38. The number of aliphatic carboxylic acids is 1. The molecular weight excluding hydrogens is 598 g/mol. The second-order valence-corrected chi connectivity index (χ2v) is 13.6. The van der Waals surface area contributed by atoms with Gasteiger partial charge in [0.15, 0.2) is 23.4 Å². The lowest BCUT2D eigenvalue weighted by Gasteiger charge is -2.41. The van der Waals surface area contributed by atoms with Crippen molar-refractivity contribution in [3.8, 4) is 5.75 Å². The van der Waals surface area contributed by atoms with E-state index >= 15 is 0 Å². The Balaban J connectivity index is 1.63. The molecule has 1 aliphatic heterocycles. The fourth-order valence-corrected chi connectivity index (χ4v) is 5.94. The average Bonchev–Trinajstić information content (AvgIpc) is 3.37. The van der Waals surface area contributed by atoms with Gasteiger partial charge < -0.3 is 29.7 Å². The van der Waals surface area contributed by atoms with Crippen LogP contribution in [0.4, 0.5) is 14.6 Å². The van der Waals surface area contributed by atoms with Crippen molar-refractivity contribution in [1.29, 1.82) is 0 Å². The largest absolute Gasteiger partial charge is 0.508 e. The zero-order chi connectivity index (χ0) is 33.8. The van der Waals surface area contributed by atoms with Gasteiger partial charge in [-0.2, -0.15) is 9.61 Å². The van der Waals surface area contributed by atoms with Gasteiger partial charge >= 0.3 is 5.97 Å². The number of hydrogen-bond donors (Lipinski definition) is 3. The Kier molecular flexibility index (Phi) is 11.3. The van der Waals surface area contributed by atoms with Crippen LogP contribution < -0.4 is 4.90 Å². The molecule has 3 heterocycles. The van der Waals surface area contributed by atoms with Crippen molar-refractivity contribution < 1.29 is 38.4 Å². The third-order valence-corrected chi connectivity index (χ3v) is 8.43. The number of carbonyl (C=O) groups is 1. The number of aromatic nitrogens is 3. The molecule has 2 unspecified atom stereocenters. The molecule has 1 saturated heterocycles. The molecule has 12 heteroatoms. The number of phenols is 1. The molecule has 3 aromatic rings. The minimum absolute atomic E-state index is 0.0779. The number of aryl methyl sites for hydroxylation is 2. The molecule has 10 nitrogen and oxygen atoms in total. The highest BCUT2D eigenvalue weighted by molar-refractivity contribution is 5.78. The van der Waals surface area contributed by atoms with Crippen LogP contribution in [0.5, 0.6) is 5.75 Å². The van der Waals surface area contributed by atoms with E-state index in [1.807, 2.05) is 6.07 Å². The zero-order valence-corrected chi connectivity index (χ0v) is 27.8. The molecule has 0 radical (unpaired) electrons. The number of halogens is 2. The Hall–Kier alpha value is -3.35. The van der Waals surface area contributed by atoms with Crippen LogP contribution >= 0.6 is 0 Å². The maximum Gasteiger partial charge on any atom is 0.337 e. The number of carboxylic acid groups (broad SMARTS) is 1. The van der Waals surface area contributed by atoms with E-state index in [-0.39, 0.29) is 29.4 Å². The monoisotopic (exact) mass is 646 g/mol. The number of benzene rings is 1. The first-order chi connectivity index (χ1) is 21.6. The summed E-state index contributed by atoms with van der Waals surface area (Å²) in [7, 11) is 0. The second-order valence-electron chi connectivity index (χ2n) is 13.6. The lowest BCUT2D eigenvalue weighted by molar-refractivity contribution is -0.160. The SMILES string of the molecule is Cc1nc2cc(CCCc3c(O)ccc(F)c3F)nn2c(N2CCC(C)(OCCCCC(C)O)CC2)c1C(OC(C)(C)C)C(=O)O. The standard InChI is InChI=1S/C34H48F2N4O6/c1-21(41)10-7-8-19-45-34(6)15-17-39(18-16-34)31-28(30(32(43)44)46-33(3,4)5)22(2)37-27-20-23(38-40(27)31)11-9-12-24-26(42)14-13-25(35)29(24)36/h13-14,20-21,30,41-42H,7-12,15-19H2,1-6H3,(H,43,44). The van der Waals surface area contributed by atoms with Gasteiger partial charge in [-0.3, -0.25) is 0 Å². The Morgan fingerprint density at radius 2 is 1.83 bits per heavy atom. The summed E-state index contributed by atoms with van der Waals surface area (Å²) in [5.74, 6) is -2.90. The van der Waals surface area contributed by atoms with Crippen LogP contribution in [0.15, 0.2) is 18.2 Å². The quantitative estimate of drug-likeness (QED) is 0.179. The number of unbranched alkanes of at least 4 members (excludes halogenated alkanes) is 1. The van der Waals surface area contributed by atoms with Crippen molar-refractivity contribution in [2.45, 2.75) is 116 Å². The van der Waals surface area contributed by atoms with E-state index < -0.39 is 29.3 Å². The van der Waals surface area contributed by atoms with Crippen LogP contribution in [-0.2, 0) is 27.1 Å². The number of piperidine rings is 1. The van der Waals surface area contributed by atoms with E-state index in [0.29, 0.717) is 73.8 Å². The molecule has 4 rings (SSSR count). The van der Waals surface area contributed by atoms with Crippen molar-refractivity contribution in [2.24, 2.45) is 0 Å². The maximum absolute atomic E-state index is 14.3. The number of ether oxygens (including phenoxy) is 2. The van der Waals surface area contributed by atoms with Crippen LogP contribution in [0.2, 0.25) is 0 Å². The fraction of sp³-hybridized carbons (Fsp3) is 0.618. The van der Waals surface area contributed by atoms with E-state index in [1.165, 1.54) is 0 Å². The predicted molar refractivity (Wildman–Crippen MR) is 170 cm³/mol. The number of fused-ring (bicyclic) bond motifs is 1. The fourth-order valence-electron chi connectivity index (χ4n) is 5.94. The summed E-state index contributed by atoms with van der Waals surface area (Å²) in [6, 6.07) is 3.85. The number of carboxylic acids is 1. The van der Waals surface area contributed by atoms with E-state index in [1.54, 1.807) is 39.1 Å². The zero-order valence-electron chi connectivity index (χ0n) is 27.8. The first kappa shape index (κ1) is 35.5. The van der Waals surface area contributed by atoms with Gasteiger partial charge in [-0.1, -0.05) is 0 Å². The number of nitrogens with zero attached hydrogens (tertiary/aromatic N) is 4. The summed E-state index contributed by atoms with van der Waals surface area (Å²) < 4.78 is 42.1. The van der Waals surface area contributed by atoms with E-state index in [0.717, 1.165) is 31.4 Å². The van der Waals surface area contributed by atoms with Crippen LogP contribution in [0.3, 0.4) is 0 Å². The van der Waals surface area contributed by atoms with Crippen molar-refractivity contribution in [2.75, 3.05) is 24.6 Å². The Morgan fingerprint density at radius 3 is 2.46 bits per heavy atom. The first-order valence-electron chi connectivity index (χ1n) is 16.1. The first-order valence-corrected chi connectivity index (χ1v) is 16.1. The molecule has 0 bridgehead atoms. The number of aliphatic hydroxyl groups excluding tert-OH is 1. The van der Waals surface area contributed by atoms with Gasteiger partial charge in [-0.25, -0.2) is 18.6 Å². The van der Waals surface area contributed by atoms with Crippen LogP contribution in [-0.4, -0.2) is 72.9 Å². The molecule has 2 atom stereocenters. The van der Waals surface area contributed by atoms with Crippen molar-refractivity contribution in [3.05, 3.63) is 52.3 Å². The highest BCUT2D eigenvalue weighted by Gasteiger charge is 2.37. The number of aromatic hydroxyl groups is 1. The van der Waals surface area contributed by atoms with Gasteiger partial charge in [0.2, 0.25) is 0 Å². The molecule has 1 aliphatic rings. The summed E-state index contributed by atoms with van der Waals surface area (Å²) in [5, 5.41) is 34.7. The van der Waals surface area contributed by atoms with Crippen LogP contribution in [0.1, 0.15) is 102 Å². The lowest BCUT2D eigenvalue weighted by Crippen LogP contribution is -2.46. The Bertz CT molecular complexity index is 1510. The molecule has 2 aromatic heterocycles. The normalized spacial score (nSPS) is 16.6. The molecule has 0 saturated carbocycles. The summed E-state index contributed by atoms with van der Waals surface area (Å²) >= 11 is 0. The van der Waals surface area contributed by atoms with Gasteiger partial charge in [0.25, 0.3) is 0 Å². The molecule has 0 amide bonds. The van der Waals surface area contributed by atoms with Crippen molar-refractivity contribution in [3.63, 3.8) is 0 Å². The molecule has 0 aliphatic carbocycles. The third kappa shape index (κ3) is 8.71. The summed E-state index contributed by atoms with van der Waals surface area (Å²) in [6.45, 7) is 12.9. The molecule has 1 aromatic carbocycles. The number of hydrogen-bond acceptors (Lipinski definition) is 8. The highest BCUT2D eigenvalue weighted by atomic mass is 19.2. The van der Waals surface area contributed by atoms with E-state index in [4.69, 9.17) is 19.6 Å². The minimum Gasteiger partial charge on any atom is -0.508 e. The molecule has 3 N–H and O–H groups in total. The number of aliphatic hydroxyl groups is 1. The molecule has 1 fully saturated rings. The summed E-state index contributed by atoms with van der Waals surface area (Å²) in [6.07, 6.45) is 3.20. The van der Waals surface area contributed by atoms with E-state index in [2.05, 4.69) is 11.8 Å². The molecule has 46 heavy (non-hydrogen) atoms. The topological polar surface area (TPSA) is 130 Å². The van der Waals surface area contributed by atoms with Gasteiger partial charge in [0.1, 0.15) is 11.6 Å². The smallest absolute Gasteiger partial charge is 0.337 e. The van der Waals surface area contributed by atoms with Gasteiger partial charge in [0.05, 0.1) is 28.6 Å². The average molecular weight is 647 g/mol. The van der Waals surface area contributed by atoms with Crippen LogP contribution in [0.25, 0.3) is 5.65 Å². The number of anilines is 1. The summed E-state index contributed by atoms with van der Waals surface area (Å²) in [5.41, 5.74) is 0.951. The predicted octanol–water partition coefficient (Wildman–Crippen LogP) is 6.06. The minimum atomic E-state index is -1.29. The van der Waals surface area contributed by atoms with Crippen molar-refractivity contribution in [1.82, 2.24) is 14.6 Å². The summed E-state index contributed by atoms with van der Waals surface area (Å²) in [4.78, 5) is 19.5. The maximum atomic E-state index is 14.3. The van der Waals surface area contributed by atoms with Gasteiger partial charge in [0, 0.05) is 37.0 Å². The van der Waals surface area contributed by atoms with Gasteiger partial charge in [-0.05, 0) is 105 Å². The number of phenolic OH excluding ortho intramolecular Hbond substituents is 1. The lowest BCUT2D eigenvalue weighted by atomic mass is 9.92. The molecule has 0 spiro atoms. The Morgan fingerprint density at radius 1 is 1.13 bits per heavy atom. The van der Waals surface area contributed by atoms with Crippen molar-refractivity contribution >= 4 is 17.4 Å². The Labute approximate surface area is 269 Å². The van der Waals surface area contributed by atoms with Crippen LogP contribution in [0, 0.1) is 18.6 Å². The third-order valence-electron chi connectivity index (χ3n) is 8.43. The molecule has 254 valence electrons.